The van der Waals surface area contributed by atoms with E-state index >= 15 is 0 Å². The van der Waals surface area contributed by atoms with Crippen LogP contribution < -0.4 is 0 Å². The predicted molar refractivity (Wildman–Crippen MR) is 81.7 cm³/mol. The van der Waals surface area contributed by atoms with Crippen LogP contribution >= 0.6 is 7.60 Å². The van der Waals surface area contributed by atoms with E-state index in [0.29, 0.717) is 13.2 Å². The number of hydrogen-bond acceptors (Lipinski definition) is 3. The topological polar surface area (TPSA) is 35.5 Å². The molecule has 0 aliphatic carbocycles. The first kappa shape index (κ1) is 14.8. The maximum Gasteiger partial charge on any atom is 0.405 e. The third-order valence-electron chi connectivity index (χ3n) is 2.68. The minimum absolute atomic E-state index is 0.309. The summed E-state index contributed by atoms with van der Waals surface area (Å²) in [5, 5.41) is 2.25. The fourth-order valence-electron chi connectivity index (χ4n) is 1.84. The van der Waals surface area contributed by atoms with Crippen molar-refractivity contribution in [2.24, 2.45) is 0 Å². The van der Waals surface area contributed by atoms with Gasteiger partial charge in [0.15, 0.2) is 0 Å². The van der Waals surface area contributed by atoms with Crippen molar-refractivity contribution in [3.63, 3.8) is 0 Å². The molecular weight excluding hydrogens is 271 g/mol. The van der Waals surface area contributed by atoms with Gasteiger partial charge in [0.25, 0.3) is 0 Å². The molecule has 0 atom stereocenters. The van der Waals surface area contributed by atoms with Crippen molar-refractivity contribution >= 4 is 18.4 Å². The fraction of sp³-hybridized carbons (Fsp3) is 0.250. The average molecular weight is 288 g/mol. The van der Waals surface area contributed by atoms with Gasteiger partial charge in [0, 0.05) is 11.2 Å². The van der Waals surface area contributed by atoms with Gasteiger partial charge >= 0.3 is 7.60 Å². The third-order valence-corrected chi connectivity index (χ3v) is 4.27. The Morgan fingerprint density at radius 2 is 1.65 bits per heavy atom. The summed E-state index contributed by atoms with van der Waals surface area (Å²) >= 11 is 0. The van der Waals surface area contributed by atoms with Gasteiger partial charge in [-0.1, -0.05) is 36.3 Å². The molecule has 0 unspecified atom stereocenters. The van der Waals surface area contributed by atoms with Crippen LogP contribution in [0.4, 0.5) is 0 Å². The molecule has 0 spiro atoms. The zero-order valence-electron chi connectivity index (χ0n) is 11.6. The summed E-state index contributed by atoms with van der Waals surface area (Å²) in [6, 6.07) is 13.9. The lowest BCUT2D eigenvalue weighted by Gasteiger charge is -2.09. The smallest absolute Gasteiger partial charge is 0.300 e. The van der Waals surface area contributed by atoms with Crippen LogP contribution in [0.2, 0.25) is 0 Å². The maximum absolute atomic E-state index is 12.2. The molecular formula is C16H17O3P. The van der Waals surface area contributed by atoms with Crippen molar-refractivity contribution in [3.05, 3.63) is 48.0 Å². The summed E-state index contributed by atoms with van der Waals surface area (Å²) in [7, 11) is -3.31. The molecule has 104 valence electrons. The fourth-order valence-corrected chi connectivity index (χ4v) is 2.99. The summed E-state index contributed by atoms with van der Waals surface area (Å²) < 4.78 is 22.5. The molecule has 0 radical (unpaired) electrons. The lowest BCUT2D eigenvalue weighted by Crippen LogP contribution is -1.93. The van der Waals surface area contributed by atoms with E-state index in [4.69, 9.17) is 9.05 Å². The van der Waals surface area contributed by atoms with Gasteiger partial charge in [0.05, 0.1) is 13.2 Å². The zero-order chi connectivity index (χ0) is 14.4. The van der Waals surface area contributed by atoms with Gasteiger partial charge in [-0.2, -0.15) is 0 Å². The van der Waals surface area contributed by atoms with Gasteiger partial charge in [0.1, 0.15) is 0 Å². The monoisotopic (exact) mass is 288 g/mol. The van der Waals surface area contributed by atoms with E-state index < -0.39 is 7.60 Å². The van der Waals surface area contributed by atoms with Crippen LogP contribution in [0.15, 0.2) is 42.5 Å². The van der Waals surface area contributed by atoms with E-state index in [1.807, 2.05) is 42.5 Å². The highest BCUT2D eigenvalue weighted by Crippen LogP contribution is 2.46. The Bertz CT molecular complexity index is 687. The van der Waals surface area contributed by atoms with Crippen LogP contribution in [0, 0.1) is 11.6 Å². The van der Waals surface area contributed by atoms with Crippen LogP contribution in [0.1, 0.15) is 19.4 Å². The normalized spacial score (nSPS) is 11.1. The van der Waals surface area contributed by atoms with E-state index in [0.717, 1.165) is 16.3 Å². The second-order valence-corrected chi connectivity index (χ2v) is 5.87. The van der Waals surface area contributed by atoms with Crippen LogP contribution in [0.5, 0.6) is 0 Å². The first-order valence-electron chi connectivity index (χ1n) is 6.58. The largest absolute Gasteiger partial charge is 0.405 e. The van der Waals surface area contributed by atoms with Gasteiger partial charge in [-0.3, -0.25) is 9.05 Å². The summed E-state index contributed by atoms with van der Waals surface area (Å²) in [5.74, 6) is 2.88. The van der Waals surface area contributed by atoms with Gasteiger partial charge in [-0.15, -0.1) is 0 Å². The van der Waals surface area contributed by atoms with Crippen LogP contribution in [0.3, 0.4) is 0 Å². The van der Waals surface area contributed by atoms with Gasteiger partial charge < -0.3 is 0 Å². The van der Waals surface area contributed by atoms with E-state index in [-0.39, 0.29) is 0 Å². The molecule has 20 heavy (non-hydrogen) atoms. The highest BCUT2D eigenvalue weighted by Gasteiger charge is 2.19. The molecule has 0 saturated carbocycles. The van der Waals surface area contributed by atoms with Crippen molar-refractivity contribution in [2.45, 2.75) is 13.8 Å². The Morgan fingerprint density at radius 3 is 2.30 bits per heavy atom. The lowest BCUT2D eigenvalue weighted by molar-refractivity contribution is 0.230. The zero-order valence-corrected chi connectivity index (χ0v) is 12.5. The quantitative estimate of drug-likeness (QED) is 0.617. The highest BCUT2D eigenvalue weighted by molar-refractivity contribution is 7.59. The second-order valence-electron chi connectivity index (χ2n) is 4.13. The molecule has 2 rings (SSSR count). The number of benzene rings is 2. The molecule has 0 aromatic heterocycles. The molecule has 0 N–H and O–H groups in total. The first-order chi connectivity index (χ1) is 9.67. The van der Waals surface area contributed by atoms with E-state index in [1.165, 1.54) is 0 Å². The van der Waals surface area contributed by atoms with Crippen molar-refractivity contribution in [2.75, 3.05) is 13.2 Å². The molecule has 0 bridgehead atoms. The van der Waals surface area contributed by atoms with Crippen molar-refractivity contribution in [1.29, 1.82) is 0 Å². The Labute approximate surface area is 119 Å². The van der Waals surface area contributed by atoms with Gasteiger partial charge in [-0.05, 0) is 36.8 Å². The highest BCUT2D eigenvalue weighted by atomic mass is 31.2. The Morgan fingerprint density at radius 1 is 1.00 bits per heavy atom. The molecule has 3 nitrogen and oxygen atoms in total. The molecule has 0 fully saturated rings. The predicted octanol–water partition coefficient (Wildman–Crippen LogP) is 4.41. The molecule has 2 aromatic carbocycles. The molecule has 0 amide bonds. The maximum atomic E-state index is 12.2. The van der Waals surface area contributed by atoms with Gasteiger partial charge in [0.2, 0.25) is 0 Å². The minimum Gasteiger partial charge on any atom is -0.300 e. The van der Waals surface area contributed by atoms with Crippen molar-refractivity contribution < 1.29 is 13.6 Å². The third kappa shape index (κ3) is 3.71. The summed E-state index contributed by atoms with van der Waals surface area (Å²) in [6.07, 6.45) is 0. The second kappa shape index (κ2) is 6.72. The van der Waals surface area contributed by atoms with Crippen molar-refractivity contribution in [1.82, 2.24) is 0 Å². The number of rotatable bonds is 4. The van der Waals surface area contributed by atoms with Gasteiger partial charge in [-0.25, -0.2) is 4.57 Å². The van der Waals surface area contributed by atoms with Crippen molar-refractivity contribution in [3.8, 4) is 11.6 Å². The first-order valence-corrected chi connectivity index (χ1v) is 8.12. The number of hydrogen-bond donors (Lipinski definition) is 0. The Hall–Kier alpha value is -1.59. The van der Waals surface area contributed by atoms with E-state index in [9.17, 15) is 4.57 Å². The minimum atomic E-state index is -3.31. The van der Waals surface area contributed by atoms with Crippen LogP contribution in [0.25, 0.3) is 10.8 Å². The Kier molecular flexibility index (Phi) is 4.98. The molecule has 2 aromatic rings. The van der Waals surface area contributed by atoms with Crippen LogP contribution in [-0.2, 0) is 13.6 Å². The summed E-state index contributed by atoms with van der Waals surface area (Å²) in [5.41, 5.74) is 3.43. The molecule has 0 aliphatic heterocycles. The standard InChI is InChI=1S/C16H17O3P/c1-3-18-20(17,19-4-2)12-11-14-9-10-15-7-5-6-8-16(15)13-14/h5-10,13H,3-4H2,1-2H3. The summed E-state index contributed by atoms with van der Waals surface area (Å²) in [6.45, 7) is 4.15. The Balaban J connectivity index is 2.31. The SMILES string of the molecule is CCOP(=O)(C#Cc1ccc2ccccc2c1)OCC. The molecule has 0 saturated heterocycles. The summed E-state index contributed by atoms with van der Waals surface area (Å²) in [4.78, 5) is 0. The molecule has 0 aliphatic rings. The van der Waals surface area contributed by atoms with Crippen LogP contribution in [-0.4, -0.2) is 13.2 Å². The average Bonchev–Trinajstić information content (AvgIpc) is 2.46. The lowest BCUT2D eigenvalue weighted by atomic mass is 10.1. The number of fused-ring (bicyclic) bond motifs is 1. The molecule has 4 heteroatoms. The van der Waals surface area contributed by atoms with E-state index in [1.54, 1.807) is 13.8 Å². The molecule has 0 heterocycles. The van der Waals surface area contributed by atoms with E-state index in [2.05, 4.69) is 11.6 Å².